The molecule has 2 heterocycles. The molecular formula is C13H15N3O2S. The van der Waals surface area contributed by atoms with Gasteiger partial charge < -0.3 is 9.67 Å². The quantitative estimate of drug-likeness (QED) is 0.850. The van der Waals surface area contributed by atoms with Crippen LogP contribution in [0.1, 0.15) is 21.6 Å². The predicted molar refractivity (Wildman–Crippen MR) is 73.6 cm³/mol. The molecule has 5 nitrogen and oxygen atoms in total. The molecule has 6 heteroatoms. The number of aromatic carboxylic acids is 1. The van der Waals surface area contributed by atoms with Gasteiger partial charge in [0.05, 0.1) is 11.9 Å². The van der Waals surface area contributed by atoms with Gasteiger partial charge in [0, 0.05) is 30.4 Å². The van der Waals surface area contributed by atoms with E-state index in [1.807, 2.05) is 17.7 Å². The minimum Gasteiger partial charge on any atom is -0.478 e. The molecule has 1 N–H and O–H groups in total. The number of hydrogen-bond acceptors (Lipinski definition) is 4. The van der Waals surface area contributed by atoms with Gasteiger partial charge in [0.2, 0.25) is 0 Å². The minimum absolute atomic E-state index is 0.307. The maximum atomic E-state index is 11.3. The molecule has 0 fully saturated rings. The molecule has 0 spiro atoms. The van der Waals surface area contributed by atoms with Gasteiger partial charge in [-0.3, -0.25) is 0 Å². The summed E-state index contributed by atoms with van der Waals surface area (Å²) in [6.45, 7) is 4.45. The van der Waals surface area contributed by atoms with Crippen LogP contribution < -0.4 is 0 Å². The highest BCUT2D eigenvalue weighted by Gasteiger charge is 2.15. The lowest BCUT2D eigenvalue weighted by molar-refractivity contribution is 0.0691. The Labute approximate surface area is 115 Å². The molecule has 2 rings (SSSR count). The molecule has 0 saturated carbocycles. The lowest BCUT2D eigenvalue weighted by atomic mass is 10.1. The number of hydrogen-bond donors (Lipinski definition) is 1. The topological polar surface area (TPSA) is 68.0 Å². The van der Waals surface area contributed by atoms with Crippen LogP contribution in [-0.4, -0.2) is 31.4 Å². The number of imidazole rings is 1. The first-order valence-corrected chi connectivity index (χ1v) is 6.86. The third kappa shape index (κ3) is 3.35. The van der Waals surface area contributed by atoms with Crippen molar-refractivity contribution >= 4 is 17.7 Å². The first-order chi connectivity index (χ1) is 9.08. The number of rotatable bonds is 5. The van der Waals surface area contributed by atoms with Gasteiger partial charge in [0.1, 0.15) is 5.03 Å². The van der Waals surface area contributed by atoms with Crippen LogP contribution in [0.15, 0.2) is 29.8 Å². The van der Waals surface area contributed by atoms with E-state index in [2.05, 4.69) is 9.97 Å². The second-order valence-corrected chi connectivity index (χ2v) is 5.30. The van der Waals surface area contributed by atoms with E-state index in [9.17, 15) is 9.90 Å². The highest BCUT2D eigenvalue weighted by molar-refractivity contribution is 7.99. The Balaban J connectivity index is 2.12. The Morgan fingerprint density at radius 3 is 2.89 bits per heavy atom. The summed E-state index contributed by atoms with van der Waals surface area (Å²) in [4.78, 5) is 19.6. The van der Waals surface area contributed by atoms with Crippen molar-refractivity contribution in [3.8, 4) is 0 Å². The average Bonchev–Trinajstić information content (AvgIpc) is 2.80. The highest BCUT2D eigenvalue weighted by Crippen LogP contribution is 2.24. The van der Waals surface area contributed by atoms with Crippen LogP contribution in [0, 0.1) is 13.8 Å². The lowest BCUT2D eigenvalue weighted by Crippen LogP contribution is -2.06. The van der Waals surface area contributed by atoms with E-state index in [0.717, 1.165) is 23.6 Å². The number of aryl methyl sites for hydroxylation is 3. The van der Waals surface area contributed by atoms with E-state index >= 15 is 0 Å². The number of carboxylic acids is 1. The zero-order valence-corrected chi connectivity index (χ0v) is 11.6. The number of carboxylic acid groups (broad SMARTS) is 1. The smallest absolute Gasteiger partial charge is 0.338 e. The van der Waals surface area contributed by atoms with Gasteiger partial charge in [-0.05, 0) is 25.5 Å². The Kier molecular flexibility index (Phi) is 4.21. The van der Waals surface area contributed by atoms with Gasteiger partial charge in [-0.2, -0.15) is 0 Å². The molecule has 0 atom stereocenters. The number of carbonyl (C=O) groups is 1. The molecule has 100 valence electrons. The van der Waals surface area contributed by atoms with Crippen LogP contribution in [0.4, 0.5) is 0 Å². The Hall–Kier alpha value is -1.82. The molecule has 2 aromatic rings. The van der Waals surface area contributed by atoms with Crippen LogP contribution in [0.25, 0.3) is 0 Å². The minimum atomic E-state index is -0.921. The van der Waals surface area contributed by atoms with Crippen LogP contribution >= 0.6 is 11.8 Å². The van der Waals surface area contributed by atoms with E-state index in [1.54, 1.807) is 25.5 Å². The van der Waals surface area contributed by atoms with Crippen molar-refractivity contribution in [1.29, 1.82) is 0 Å². The Morgan fingerprint density at radius 2 is 2.26 bits per heavy atom. The molecule has 0 aliphatic rings. The van der Waals surface area contributed by atoms with Crippen molar-refractivity contribution in [1.82, 2.24) is 14.5 Å². The van der Waals surface area contributed by atoms with E-state index in [-0.39, 0.29) is 0 Å². The fourth-order valence-electron chi connectivity index (χ4n) is 1.83. The third-order valence-electron chi connectivity index (χ3n) is 2.67. The molecule has 2 aromatic heterocycles. The molecule has 0 saturated heterocycles. The standard InChI is InChI=1S/C13H15N3O2S/c1-9-7-10(2)15-12(11(9)13(17)18)19-6-5-16-4-3-14-8-16/h3-4,7-8H,5-6H2,1-2H3,(H,17,18). The average molecular weight is 277 g/mol. The van der Waals surface area contributed by atoms with Crippen molar-refractivity contribution in [2.24, 2.45) is 0 Å². The predicted octanol–water partition coefficient (Wildman–Crippen LogP) is 2.39. The van der Waals surface area contributed by atoms with Crippen LogP contribution in [0.3, 0.4) is 0 Å². The number of nitrogens with zero attached hydrogens (tertiary/aromatic N) is 3. The summed E-state index contributed by atoms with van der Waals surface area (Å²) in [6.07, 6.45) is 5.35. The molecule has 0 aliphatic carbocycles. The number of pyridine rings is 1. The van der Waals surface area contributed by atoms with E-state index in [0.29, 0.717) is 10.6 Å². The molecule has 0 radical (unpaired) electrons. The van der Waals surface area contributed by atoms with Crippen molar-refractivity contribution in [3.05, 3.63) is 41.6 Å². The van der Waals surface area contributed by atoms with Gasteiger partial charge in [-0.25, -0.2) is 14.8 Å². The maximum absolute atomic E-state index is 11.3. The van der Waals surface area contributed by atoms with E-state index in [4.69, 9.17) is 0 Å². The van der Waals surface area contributed by atoms with Crippen molar-refractivity contribution < 1.29 is 9.90 Å². The van der Waals surface area contributed by atoms with Crippen LogP contribution in [0.2, 0.25) is 0 Å². The summed E-state index contributed by atoms with van der Waals surface area (Å²) in [5.74, 6) is -0.165. The summed E-state index contributed by atoms with van der Waals surface area (Å²) < 4.78 is 1.95. The van der Waals surface area contributed by atoms with Crippen molar-refractivity contribution in [2.75, 3.05) is 5.75 Å². The lowest BCUT2D eigenvalue weighted by Gasteiger charge is -2.09. The van der Waals surface area contributed by atoms with Gasteiger partial charge in [0.15, 0.2) is 0 Å². The van der Waals surface area contributed by atoms with E-state index < -0.39 is 5.97 Å². The monoisotopic (exact) mass is 277 g/mol. The summed E-state index contributed by atoms with van der Waals surface area (Å²) in [5, 5.41) is 9.84. The molecule has 0 unspecified atom stereocenters. The normalized spacial score (nSPS) is 10.6. The fourth-order valence-corrected chi connectivity index (χ4v) is 2.93. The molecule has 0 aromatic carbocycles. The fraction of sp³-hybridized carbons (Fsp3) is 0.308. The summed E-state index contributed by atoms with van der Waals surface area (Å²) in [5.41, 5.74) is 1.90. The molecule has 0 bridgehead atoms. The molecular weight excluding hydrogens is 262 g/mol. The second-order valence-electron chi connectivity index (χ2n) is 4.21. The zero-order valence-electron chi connectivity index (χ0n) is 10.8. The van der Waals surface area contributed by atoms with Crippen molar-refractivity contribution in [2.45, 2.75) is 25.4 Å². The number of aromatic nitrogens is 3. The number of thioether (sulfide) groups is 1. The Bertz CT molecular complexity index is 582. The summed E-state index contributed by atoms with van der Waals surface area (Å²) >= 11 is 1.46. The van der Waals surface area contributed by atoms with Gasteiger partial charge in [0.25, 0.3) is 0 Å². The summed E-state index contributed by atoms with van der Waals surface area (Å²) in [7, 11) is 0. The Morgan fingerprint density at radius 1 is 1.47 bits per heavy atom. The SMILES string of the molecule is Cc1cc(C)c(C(=O)O)c(SCCn2ccnc2)n1. The first kappa shape index (κ1) is 13.6. The van der Waals surface area contributed by atoms with E-state index in [1.165, 1.54) is 11.8 Å². The summed E-state index contributed by atoms with van der Waals surface area (Å²) in [6, 6.07) is 1.80. The van der Waals surface area contributed by atoms with Crippen molar-refractivity contribution in [3.63, 3.8) is 0 Å². The van der Waals surface area contributed by atoms with Crippen LogP contribution in [0.5, 0.6) is 0 Å². The highest BCUT2D eigenvalue weighted by atomic mass is 32.2. The largest absolute Gasteiger partial charge is 0.478 e. The maximum Gasteiger partial charge on any atom is 0.338 e. The third-order valence-corrected chi connectivity index (χ3v) is 3.63. The van der Waals surface area contributed by atoms with Gasteiger partial charge in [-0.15, -0.1) is 11.8 Å². The van der Waals surface area contributed by atoms with Crippen LogP contribution in [-0.2, 0) is 6.54 Å². The molecule has 0 amide bonds. The second kappa shape index (κ2) is 5.88. The molecule has 19 heavy (non-hydrogen) atoms. The zero-order chi connectivity index (χ0) is 13.8. The van der Waals surface area contributed by atoms with Gasteiger partial charge >= 0.3 is 5.97 Å². The molecule has 0 aliphatic heterocycles. The first-order valence-electron chi connectivity index (χ1n) is 5.88. The van der Waals surface area contributed by atoms with Gasteiger partial charge in [-0.1, -0.05) is 0 Å².